The molecule has 2 unspecified atom stereocenters. The Morgan fingerprint density at radius 3 is 1.38 bits per heavy atom. The van der Waals surface area contributed by atoms with Crippen LogP contribution in [0.2, 0.25) is 0 Å². The van der Waals surface area contributed by atoms with Crippen molar-refractivity contribution in [2.45, 2.75) is 124 Å². The van der Waals surface area contributed by atoms with Gasteiger partial charge in [-0.3, -0.25) is 5.26 Å². The van der Waals surface area contributed by atoms with Gasteiger partial charge in [0.15, 0.2) is 0 Å². The lowest BCUT2D eigenvalue weighted by Gasteiger charge is -2.43. The van der Waals surface area contributed by atoms with Gasteiger partial charge in [-0.1, -0.05) is 20.8 Å². The molecule has 1 N–H and O–H groups in total. The van der Waals surface area contributed by atoms with Crippen molar-refractivity contribution in [1.29, 1.82) is 0 Å². The van der Waals surface area contributed by atoms with Crippen LogP contribution in [-0.2, 0) is 24.4 Å². The Bertz CT molecular complexity index is 413. The highest BCUT2D eigenvalue weighted by molar-refractivity contribution is 4.93. The van der Waals surface area contributed by atoms with Crippen LogP contribution in [0.25, 0.3) is 0 Å². The van der Waals surface area contributed by atoms with Crippen LogP contribution < -0.4 is 0 Å². The molecule has 6 heteroatoms. The molecule has 0 radical (unpaired) electrons. The van der Waals surface area contributed by atoms with Crippen molar-refractivity contribution in [1.82, 2.24) is 0 Å². The molecule has 0 saturated heterocycles. The SMILES string of the molecule is CC(C)(C)OOC(C)(C)CCC(C)(OOC(C)(C)C)C(OO)C(C)(C)C. The van der Waals surface area contributed by atoms with Crippen molar-refractivity contribution in [3.05, 3.63) is 0 Å². The summed E-state index contributed by atoms with van der Waals surface area (Å²) in [5.74, 6) is 0. The third-order valence-electron chi connectivity index (χ3n) is 3.67. The molecule has 2 atom stereocenters. The second kappa shape index (κ2) is 8.84. The van der Waals surface area contributed by atoms with Crippen LogP contribution in [0, 0.1) is 5.41 Å². The highest BCUT2D eigenvalue weighted by Gasteiger charge is 2.47. The Hall–Kier alpha value is -0.240. The van der Waals surface area contributed by atoms with Gasteiger partial charge in [0.2, 0.25) is 0 Å². The fraction of sp³-hybridized carbons (Fsp3) is 1.00. The molecule has 0 aromatic heterocycles. The van der Waals surface area contributed by atoms with Gasteiger partial charge in [0.05, 0.1) is 16.8 Å². The maximum absolute atomic E-state index is 9.57. The van der Waals surface area contributed by atoms with Gasteiger partial charge in [-0.15, -0.1) is 0 Å². The summed E-state index contributed by atoms with van der Waals surface area (Å²) >= 11 is 0. The number of rotatable bonds is 9. The van der Waals surface area contributed by atoms with Crippen LogP contribution in [0.5, 0.6) is 0 Å². The summed E-state index contributed by atoms with van der Waals surface area (Å²) in [6, 6.07) is 0. The highest BCUT2D eigenvalue weighted by Crippen LogP contribution is 2.38. The molecule has 0 aromatic rings. The molecule has 6 nitrogen and oxygen atoms in total. The summed E-state index contributed by atoms with van der Waals surface area (Å²) in [7, 11) is 0. The average Bonchev–Trinajstić information content (AvgIpc) is 2.39. The third-order valence-corrected chi connectivity index (χ3v) is 3.67. The quantitative estimate of drug-likeness (QED) is 0.410. The van der Waals surface area contributed by atoms with Gasteiger partial charge in [-0.2, -0.15) is 0 Å². The minimum absolute atomic E-state index is 0.363. The lowest BCUT2D eigenvalue weighted by Crippen LogP contribution is -2.52. The molecule has 0 fully saturated rings. The second-order valence-corrected chi connectivity index (χ2v) is 11.0. The molecule has 0 bridgehead atoms. The Labute approximate surface area is 160 Å². The molecule has 26 heavy (non-hydrogen) atoms. The molecule has 158 valence electrons. The topological polar surface area (TPSA) is 66.4 Å². The first-order valence-electron chi connectivity index (χ1n) is 9.35. The lowest BCUT2D eigenvalue weighted by molar-refractivity contribution is -0.449. The number of hydrogen-bond acceptors (Lipinski definition) is 6. The molecule has 0 spiro atoms. The van der Waals surface area contributed by atoms with Gasteiger partial charge in [0.1, 0.15) is 11.7 Å². The molecule has 0 aliphatic carbocycles. The van der Waals surface area contributed by atoms with Crippen LogP contribution in [0.3, 0.4) is 0 Å². The van der Waals surface area contributed by atoms with E-state index in [1.807, 2.05) is 83.1 Å². The van der Waals surface area contributed by atoms with E-state index < -0.39 is 28.5 Å². The van der Waals surface area contributed by atoms with Crippen LogP contribution in [0.1, 0.15) is 95.9 Å². The van der Waals surface area contributed by atoms with Gasteiger partial charge in [0, 0.05) is 0 Å². The first kappa shape index (κ1) is 25.8. The van der Waals surface area contributed by atoms with Gasteiger partial charge >= 0.3 is 0 Å². The zero-order valence-corrected chi connectivity index (χ0v) is 19.0. The maximum atomic E-state index is 9.57. The number of hydrogen-bond donors (Lipinski definition) is 1. The van der Waals surface area contributed by atoms with Crippen molar-refractivity contribution in [2.75, 3.05) is 0 Å². The molecule has 0 saturated carbocycles. The fourth-order valence-corrected chi connectivity index (χ4v) is 2.45. The van der Waals surface area contributed by atoms with E-state index in [2.05, 4.69) is 0 Å². The smallest absolute Gasteiger partial charge is 0.131 e. The molecule has 0 aliphatic heterocycles. The van der Waals surface area contributed by atoms with E-state index in [0.29, 0.717) is 12.8 Å². The highest BCUT2D eigenvalue weighted by atomic mass is 17.2. The van der Waals surface area contributed by atoms with E-state index in [-0.39, 0.29) is 5.41 Å². The largest absolute Gasteiger partial charge is 0.251 e. The predicted octanol–water partition coefficient (Wildman–Crippen LogP) is 5.70. The molecule has 0 aromatic carbocycles. The van der Waals surface area contributed by atoms with Gasteiger partial charge < -0.3 is 0 Å². The zero-order chi connectivity index (χ0) is 21.0. The van der Waals surface area contributed by atoms with Crippen LogP contribution in [0.15, 0.2) is 0 Å². The van der Waals surface area contributed by atoms with Crippen LogP contribution in [0.4, 0.5) is 0 Å². The summed E-state index contributed by atoms with van der Waals surface area (Å²) in [6.07, 6.45) is 0.548. The summed E-state index contributed by atoms with van der Waals surface area (Å²) in [4.78, 5) is 27.4. The fourth-order valence-electron chi connectivity index (χ4n) is 2.45. The molecule has 0 aliphatic rings. The van der Waals surface area contributed by atoms with Crippen molar-refractivity contribution in [3.8, 4) is 0 Å². The van der Waals surface area contributed by atoms with Crippen LogP contribution >= 0.6 is 0 Å². The van der Waals surface area contributed by atoms with E-state index in [0.717, 1.165) is 0 Å². The van der Waals surface area contributed by atoms with Crippen molar-refractivity contribution in [3.63, 3.8) is 0 Å². The van der Waals surface area contributed by atoms with Gasteiger partial charge in [0.25, 0.3) is 0 Å². The average molecular weight is 379 g/mol. The molecular weight excluding hydrogens is 336 g/mol. The molecule has 0 amide bonds. The standard InChI is InChI=1S/C20H42O6/c1-16(2,3)15(22-21)20(12,26-24-18(7,8)9)14-13-19(10,11)25-23-17(4,5)6/h15,21H,13-14H2,1-12H3. The monoisotopic (exact) mass is 378 g/mol. The van der Waals surface area contributed by atoms with Crippen molar-refractivity contribution < 1.29 is 29.7 Å². The minimum Gasteiger partial charge on any atom is -0.251 e. The Kier molecular flexibility index (Phi) is 8.76. The minimum atomic E-state index is -0.886. The first-order valence-corrected chi connectivity index (χ1v) is 9.35. The molecule has 0 rings (SSSR count). The third kappa shape index (κ3) is 10.2. The Morgan fingerprint density at radius 2 is 1.04 bits per heavy atom. The lowest BCUT2D eigenvalue weighted by atomic mass is 9.76. The van der Waals surface area contributed by atoms with Crippen molar-refractivity contribution >= 4 is 0 Å². The summed E-state index contributed by atoms with van der Waals surface area (Å²) < 4.78 is 0. The Morgan fingerprint density at radius 1 is 0.615 bits per heavy atom. The van der Waals surface area contributed by atoms with E-state index >= 15 is 0 Å². The summed E-state index contributed by atoms with van der Waals surface area (Å²) in [5.41, 5.74) is -2.67. The van der Waals surface area contributed by atoms with Crippen molar-refractivity contribution in [2.24, 2.45) is 5.41 Å². The second-order valence-electron chi connectivity index (χ2n) is 11.0. The van der Waals surface area contributed by atoms with Gasteiger partial charge in [-0.25, -0.2) is 24.4 Å². The molecule has 0 heterocycles. The Balaban J connectivity index is 5.29. The van der Waals surface area contributed by atoms with Crippen LogP contribution in [-0.4, -0.2) is 33.8 Å². The zero-order valence-electron chi connectivity index (χ0n) is 19.0. The first-order chi connectivity index (χ1) is 11.3. The summed E-state index contributed by atoms with van der Waals surface area (Å²) in [6.45, 7) is 23.3. The van der Waals surface area contributed by atoms with E-state index in [9.17, 15) is 5.26 Å². The van der Waals surface area contributed by atoms with E-state index in [4.69, 9.17) is 24.4 Å². The van der Waals surface area contributed by atoms with E-state index in [1.165, 1.54) is 0 Å². The molecular formula is C20H42O6. The van der Waals surface area contributed by atoms with E-state index in [1.54, 1.807) is 0 Å². The normalized spacial score (nSPS) is 17.9. The maximum Gasteiger partial charge on any atom is 0.131 e. The van der Waals surface area contributed by atoms with Gasteiger partial charge in [-0.05, 0) is 80.6 Å². The summed E-state index contributed by atoms with van der Waals surface area (Å²) in [5, 5.41) is 9.57. The predicted molar refractivity (Wildman–Crippen MR) is 103 cm³/mol.